The molecule has 5 heteroatoms. The van der Waals surface area contributed by atoms with Crippen molar-refractivity contribution in [3.63, 3.8) is 0 Å². The Morgan fingerprint density at radius 3 is 3.14 bits per heavy atom. The number of benzene rings is 1. The van der Waals surface area contributed by atoms with Crippen LogP contribution in [0.25, 0.3) is 10.9 Å². The predicted octanol–water partition coefficient (Wildman–Crippen LogP) is 1.41. The van der Waals surface area contributed by atoms with E-state index in [1.807, 2.05) is 12.1 Å². The Kier molecular flexibility index (Phi) is 1.49. The van der Waals surface area contributed by atoms with E-state index in [0.29, 0.717) is 4.90 Å². The molecule has 0 bridgehead atoms. The summed E-state index contributed by atoms with van der Waals surface area (Å²) in [5, 5.41) is 0.894. The van der Waals surface area contributed by atoms with E-state index in [4.69, 9.17) is 0 Å². The van der Waals surface area contributed by atoms with E-state index in [1.165, 1.54) is 11.9 Å². The molecule has 0 aliphatic carbocycles. The van der Waals surface area contributed by atoms with Crippen LogP contribution in [0.4, 0.5) is 5.69 Å². The number of nitrogens with zero attached hydrogens (tertiary/aromatic N) is 3. The van der Waals surface area contributed by atoms with E-state index < -0.39 is 10.8 Å². The summed E-state index contributed by atoms with van der Waals surface area (Å²) in [5.74, 6) is 0. The van der Waals surface area contributed by atoms with Gasteiger partial charge in [0, 0.05) is 11.6 Å². The lowest BCUT2D eigenvalue weighted by Gasteiger charge is -2.00. The van der Waals surface area contributed by atoms with Crippen LogP contribution in [0.2, 0.25) is 0 Å². The van der Waals surface area contributed by atoms with Crippen LogP contribution < -0.4 is 0 Å². The largest absolute Gasteiger partial charge is 0.248 e. The molecule has 0 spiro atoms. The van der Waals surface area contributed by atoms with Gasteiger partial charge in [0.05, 0.1) is 21.6 Å². The summed E-state index contributed by atoms with van der Waals surface area (Å²) in [6.07, 6.45) is 3.16. The molecule has 0 amide bonds. The van der Waals surface area contributed by atoms with Crippen molar-refractivity contribution in [1.29, 1.82) is 0 Å². The van der Waals surface area contributed by atoms with E-state index in [1.54, 1.807) is 6.20 Å². The SMILES string of the molecule is O=S1C=Nc2ccc3cncnc3c21. The van der Waals surface area contributed by atoms with Crippen molar-refractivity contribution in [2.24, 2.45) is 4.99 Å². The van der Waals surface area contributed by atoms with Crippen LogP contribution in [0.1, 0.15) is 0 Å². The Balaban J connectivity index is 2.50. The summed E-state index contributed by atoms with van der Waals surface area (Å²) in [6, 6.07) is 3.72. The summed E-state index contributed by atoms with van der Waals surface area (Å²) in [7, 11) is -1.15. The second-order valence-corrected chi connectivity index (χ2v) is 4.12. The molecule has 1 aromatic carbocycles. The van der Waals surface area contributed by atoms with Crippen LogP contribution in [-0.2, 0) is 10.8 Å². The topological polar surface area (TPSA) is 55.2 Å². The molecule has 68 valence electrons. The first-order chi connectivity index (χ1) is 6.86. The molecule has 1 aliphatic rings. The van der Waals surface area contributed by atoms with Crippen molar-refractivity contribution in [1.82, 2.24) is 9.97 Å². The van der Waals surface area contributed by atoms with Crippen molar-refractivity contribution in [3.8, 4) is 0 Å². The zero-order chi connectivity index (χ0) is 9.54. The van der Waals surface area contributed by atoms with Gasteiger partial charge in [-0.15, -0.1) is 0 Å². The number of aliphatic imine (C=N–C) groups is 1. The Labute approximate surface area is 82.2 Å². The van der Waals surface area contributed by atoms with Gasteiger partial charge in [0.2, 0.25) is 0 Å². The Bertz CT molecular complexity index is 579. The molecule has 0 N–H and O–H groups in total. The van der Waals surface area contributed by atoms with Gasteiger partial charge >= 0.3 is 0 Å². The molecular weight excluding hydrogens is 198 g/mol. The van der Waals surface area contributed by atoms with Crippen LogP contribution in [-0.4, -0.2) is 19.7 Å². The van der Waals surface area contributed by atoms with Gasteiger partial charge in [-0.2, -0.15) is 0 Å². The van der Waals surface area contributed by atoms with Crippen LogP contribution in [0.3, 0.4) is 0 Å². The number of aromatic nitrogens is 2. The van der Waals surface area contributed by atoms with E-state index in [-0.39, 0.29) is 0 Å². The highest BCUT2D eigenvalue weighted by Gasteiger charge is 2.18. The van der Waals surface area contributed by atoms with Crippen molar-refractivity contribution in [2.45, 2.75) is 4.90 Å². The van der Waals surface area contributed by atoms with E-state index in [2.05, 4.69) is 15.0 Å². The molecule has 14 heavy (non-hydrogen) atoms. The zero-order valence-corrected chi connectivity index (χ0v) is 7.86. The smallest absolute Gasteiger partial charge is 0.116 e. The molecule has 1 aromatic heterocycles. The molecule has 1 unspecified atom stereocenters. The lowest BCUT2D eigenvalue weighted by molar-refractivity contribution is 0.691. The summed E-state index contributed by atoms with van der Waals surface area (Å²) in [5.41, 5.74) is 2.91. The highest BCUT2D eigenvalue weighted by Crippen LogP contribution is 2.32. The molecular formula is C9H5N3OS. The minimum absolute atomic E-state index is 0.699. The fraction of sp³-hybridized carbons (Fsp3) is 0. The third-order valence-electron chi connectivity index (χ3n) is 2.10. The van der Waals surface area contributed by atoms with Gasteiger partial charge in [0.25, 0.3) is 0 Å². The normalized spacial score (nSPS) is 18.7. The van der Waals surface area contributed by atoms with Crippen molar-refractivity contribution >= 4 is 32.9 Å². The van der Waals surface area contributed by atoms with Crippen LogP contribution >= 0.6 is 0 Å². The van der Waals surface area contributed by atoms with E-state index in [9.17, 15) is 4.21 Å². The maximum Gasteiger partial charge on any atom is 0.116 e. The summed E-state index contributed by atoms with van der Waals surface area (Å²) < 4.78 is 11.6. The van der Waals surface area contributed by atoms with Crippen molar-refractivity contribution in [2.75, 3.05) is 0 Å². The van der Waals surface area contributed by atoms with Gasteiger partial charge in [-0.3, -0.25) is 0 Å². The quantitative estimate of drug-likeness (QED) is 0.650. The van der Waals surface area contributed by atoms with Gasteiger partial charge in [0.15, 0.2) is 0 Å². The molecule has 0 saturated carbocycles. The van der Waals surface area contributed by atoms with Crippen LogP contribution in [0.5, 0.6) is 0 Å². The first-order valence-corrected chi connectivity index (χ1v) is 5.25. The zero-order valence-electron chi connectivity index (χ0n) is 7.04. The van der Waals surface area contributed by atoms with Crippen molar-refractivity contribution in [3.05, 3.63) is 24.7 Å². The molecule has 4 nitrogen and oxygen atoms in total. The predicted molar refractivity (Wildman–Crippen MR) is 54.1 cm³/mol. The monoisotopic (exact) mass is 203 g/mol. The number of rotatable bonds is 0. The maximum atomic E-state index is 11.6. The van der Waals surface area contributed by atoms with Gasteiger partial charge in [-0.1, -0.05) is 0 Å². The van der Waals surface area contributed by atoms with Crippen LogP contribution in [0.15, 0.2) is 34.5 Å². The lowest BCUT2D eigenvalue weighted by atomic mass is 10.2. The maximum absolute atomic E-state index is 11.6. The first-order valence-electron chi connectivity index (χ1n) is 4.04. The van der Waals surface area contributed by atoms with E-state index >= 15 is 0 Å². The summed E-state index contributed by atoms with van der Waals surface area (Å²) >= 11 is 0. The van der Waals surface area contributed by atoms with Crippen LogP contribution in [0, 0.1) is 0 Å². The molecule has 1 aliphatic heterocycles. The Morgan fingerprint density at radius 2 is 2.21 bits per heavy atom. The number of hydrogen-bond donors (Lipinski definition) is 0. The lowest BCUT2D eigenvalue weighted by Crippen LogP contribution is -1.90. The summed E-state index contributed by atoms with van der Waals surface area (Å²) in [4.78, 5) is 12.8. The fourth-order valence-electron chi connectivity index (χ4n) is 1.48. The second-order valence-electron chi connectivity index (χ2n) is 2.91. The van der Waals surface area contributed by atoms with Crippen molar-refractivity contribution < 1.29 is 4.21 Å². The standard InChI is InChI=1S/C9H5N3OS/c13-14-5-12-7-2-1-6-3-10-4-11-8(6)9(7)14/h1-5H. The number of hydrogen-bond acceptors (Lipinski definition) is 4. The Morgan fingerprint density at radius 1 is 1.29 bits per heavy atom. The molecule has 0 saturated heterocycles. The van der Waals surface area contributed by atoms with Gasteiger partial charge < -0.3 is 0 Å². The number of fused-ring (bicyclic) bond motifs is 3. The highest BCUT2D eigenvalue weighted by molar-refractivity contribution is 7.99. The van der Waals surface area contributed by atoms with E-state index in [0.717, 1.165) is 16.6 Å². The fourth-order valence-corrected chi connectivity index (χ4v) is 2.48. The average molecular weight is 203 g/mol. The molecule has 2 aromatic rings. The van der Waals surface area contributed by atoms with Gasteiger partial charge in [0.1, 0.15) is 17.1 Å². The van der Waals surface area contributed by atoms with Gasteiger partial charge in [-0.25, -0.2) is 19.2 Å². The highest BCUT2D eigenvalue weighted by atomic mass is 32.2. The molecule has 1 atom stereocenters. The second kappa shape index (κ2) is 2.68. The molecule has 0 radical (unpaired) electrons. The minimum Gasteiger partial charge on any atom is -0.248 e. The first kappa shape index (κ1) is 7.75. The third-order valence-corrected chi connectivity index (χ3v) is 3.20. The third kappa shape index (κ3) is 0.927. The molecule has 3 rings (SSSR count). The Hall–Kier alpha value is -1.62. The molecule has 2 heterocycles. The van der Waals surface area contributed by atoms with Gasteiger partial charge in [-0.05, 0) is 12.1 Å². The minimum atomic E-state index is -1.15. The summed E-state index contributed by atoms with van der Waals surface area (Å²) in [6.45, 7) is 0. The average Bonchev–Trinajstić information content (AvgIpc) is 2.61. The molecule has 0 fully saturated rings.